The van der Waals surface area contributed by atoms with Gasteiger partial charge in [0.15, 0.2) is 0 Å². The quantitative estimate of drug-likeness (QED) is 0.846. The van der Waals surface area contributed by atoms with Crippen molar-refractivity contribution < 1.29 is 19.2 Å². The summed E-state index contributed by atoms with van der Waals surface area (Å²) in [5.74, 6) is -0.0630. The molecule has 2 heterocycles. The average Bonchev–Trinajstić information content (AvgIpc) is 2.85. The number of aryl methyl sites for hydroxylation is 2. The van der Waals surface area contributed by atoms with Crippen molar-refractivity contribution in [3.63, 3.8) is 0 Å². The first-order valence-corrected chi connectivity index (χ1v) is 6.22. The average molecular weight is 256 g/mol. The maximum atomic E-state index is 12.2. The molecular weight excluding hydrogens is 244 g/mol. The molecule has 0 spiro atoms. The van der Waals surface area contributed by atoms with Crippen molar-refractivity contribution in [3.8, 4) is 0 Å². The van der Waals surface area contributed by atoms with E-state index in [4.69, 9.17) is 9.63 Å². The number of hydrogen-bond donors (Lipinski definition) is 1. The molecule has 1 atom stereocenters. The van der Waals surface area contributed by atoms with Crippen LogP contribution < -0.4 is 0 Å². The normalized spacial score (nSPS) is 19.6. The highest BCUT2D eigenvalue weighted by Crippen LogP contribution is 2.25. The molecule has 0 aliphatic carbocycles. The summed E-state index contributed by atoms with van der Waals surface area (Å²) in [6, 6.07) is -0.763. The maximum absolute atomic E-state index is 12.2. The highest BCUT2D eigenvalue weighted by atomic mass is 32.2. The van der Waals surface area contributed by atoms with E-state index >= 15 is 0 Å². The van der Waals surface area contributed by atoms with Crippen LogP contribution in [-0.2, 0) is 4.79 Å². The van der Waals surface area contributed by atoms with E-state index in [0.717, 1.165) is 0 Å². The standard InChI is InChI=1S/C10H12N2O4S/c1-5-8(6(2)16-11-5)9(13)12-4-17-3-7(12)10(14)15/h7H,3-4H2,1-2H3,(H,14,15)/t7-/m0/s1. The Hall–Kier alpha value is -1.50. The van der Waals surface area contributed by atoms with Gasteiger partial charge in [-0.1, -0.05) is 5.16 Å². The molecule has 1 aromatic heterocycles. The topological polar surface area (TPSA) is 83.6 Å². The van der Waals surface area contributed by atoms with E-state index in [0.29, 0.717) is 28.6 Å². The summed E-state index contributed by atoms with van der Waals surface area (Å²) in [6.45, 7) is 3.31. The number of nitrogens with zero attached hydrogens (tertiary/aromatic N) is 2. The van der Waals surface area contributed by atoms with Gasteiger partial charge in [0.2, 0.25) is 0 Å². The van der Waals surface area contributed by atoms with Crippen LogP contribution in [0.5, 0.6) is 0 Å². The first-order chi connectivity index (χ1) is 8.02. The van der Waals surface area contributed by atoms with Crippen molar-refractivity contribution in [3.05, 3.63) is 17.0 Å². The number of hydrogen-bond acceptors (Lipinski definition) is 5. The predicted octanol–water partition coefficient (Wildman–Crippen LogP) is 0.891. The van der Waals surface area contributed by atoms with Crippen LogP contribution in [0.2, 0.25) is 0 Å². The second kappa shape index (κ2) is 4.40. The Kier molecular flexibility index (Phi) is 3.10. The third-order valence-corrected chi connectivity index (χ3v) is 3.69. The lowest BCUT2D eigenvalue weighted by Crippen LogP contribution is -2.42. The second-order valence-corrected chi connectivity index (χ2v) is 4.83. The van der Waals surface area contributed by atoms with Gasteiger partial charge in [0.25, 0.3) is 5.91 Å². The third-order valence-electron chi connectivity index (χ3n) is 2.68. The number of carbonyl (C=O) groups excluding carboxylic acids is 1. The van der Waals surface area contributed by atoms with Crippen molar-refractivity contribution in [2.45, 2.75) is 19.9 Å². The second-order valence-electron chi connectivity index (χ2n) is 3.83. The fourth-order valence-corrected chi connectivity index (χ4v) is 2.92. The summed E-state index contributed by atoms with van der Waals surface area (Å²) >= 11 is 1.43. The summed E-state index contributed by atoms with van der Waals surface area (Å²) in [6.07, 6.45) is 0. The molecule has 1 aromatic rings. The van der Waals surface area contributed by atoms with Crippen LogP contribution in [0.1, 0.15) is 21.8 Å². The molecule has 1 fully saturated rings. The molecule has 1 N–H and O–H groups in total. The Morgan fingerprint density at radius 2 is 2.24 bits per heavy atom. The molecule has 7 heteroatoms. The van der Waals surface area contributed by atoms with Gasteiger partial charge in [-0.2, -0.15) is 0 Å². The Labute approximate surface area is 102 Å². The van der Waals surface area contributed by atoms with Crippen LogP contribution in [0.25, 0.3) is 0 Å². The van der Waals surface area contributed by atoms with Gasteiger partial charge in [0, 0.05) is 5.75 Å². The molecule has 1 aliphatic rings. The van der Waals surface area contributed by atoms with Crippen molar-refractivity contribution in [2.75, 3.05) is 11.6 Å². The SMILES string of the molecule is Cc1noc(C)c1C(=O)N1CSC[C@H]1C(=O)O. The molecule has 6 nitrogen and oxygen atoms in total. The summed E-state index contributed by atoms with van der Waals surface area (Å²) in [7, 11) is 0. The summed E-state index contributed by atoms with van der Waals surface area (Å²) in [5, 5.41) is 12.7. The highest BCUT2D eigenvalue weighted by Gasteiger charge is 2.36. The van der Waals surface area contributed by atoms with Gasteiger partial charge in [-0.05, 0) is 13.8 Å². The smallest absolute Gasteiger partial charge is 0.327 e. The largest absolute Gasteiger partial charge is 0.480 e. The molecule has 1 amide bonds. The monoisotopic (exact) mass is 256 g/mol. The van der Waals surface area contributed by atoms with Crippen molar-refractivity contribution in [2.24, 2.45) is 0 Å². The Bertz CT molecular complexity index is 451. The number of carboxylic acid groups (broad SMARTS) is 1. The lowest BCUT2D eigenvalue weighted by molar-refractivity contribution is -0.140. The zero-order chi connectivity index (χ0) is 12.6. The van der Waals surface area contributed by atoms with Gasteiger partial charge in [0.05, 0.1) is 11.6 Å². The number of aliphatic carboxylic acids is 1. The Morgan fingerprint density at radius 1 is 1.53 bits per heavy atom. The summed E-state index contributed by atoms with van der Waals surface area (Å²) < 4.78 is 4.92. The minimum absolute atomic E-state index is 0.321. The van der Waals surface area contributed by atoms with Gasteiger partial charge in [-0.15, -0.1) is 11.8 Å². The number of aromatic nitrogens is 1. The van der Waals surface area contributed by atoms with Crippen molar-refractivity contribution in [1.82, 2.24) is 10.1 Å². The third kappa shape index (κ3) is 2.02. The molecule has 1 saturated heterocycles. The molecule has 0 bridgehead atoms. The summed E-state index contributed by atoms with van der Waals surface area (Å²) in [5.41, 5.74) is 0.868. The van der Waals surface area contributed by atoms with Gasteiger partial charge in [-0.3, -0.25) is 4.79 Å². The highest BCUT2D eigenvalue weighted by molar-refractivity contribution is 7.99. The Balaban J connectivity index is 2.29. The summed E-state index contributed by atoms with van der Waals surface area (Å²) in [4.78, 5) is 24.6. The minimum Gasteiger partial charge on any atom is -0.480 e. The first kappa shape index (κ1) is 12.0. The van der Waals surface area contributed by atoms with E-state index in [9.17, 15) is 9.59 Å². The number of thioether (sulfide) groups is 1. The molecule has 1 aliphatic heterocycles. The Morgan fingerprint density at radius 3 is 2.76 bits per heavy atom. The van der Waals surface area contributed by atoms with E-state index < -0.39 is 12.0 Å². The fourth-order valence-electron chi connectivity index (χ4n) is 1.78. The lowest BCUT2D eigenvalue weighted by Gasteiger charge is -2.20. The van der Waals surface area contributed by atoms with Crippen molar-refractivity contribution in [1.29, 1.82) is 0 Å². The van der Waals surface area contributed by atoms with Gasteiger partial charge in [0.1, 0.15) is 17.4 Å². The predicted molar refractivity (Wildman–Crippen MR) is 60.9 cm³/mol. The first-order valence-electron chi connectivity index (χ1n) is 5.06. The molecule has 0 unspecified atom stereocenters. The number of carbonyl (C=O) groups is 2. The van der Waals surface area contributed by atoms with Gasteiger partial charge >= 0.3 is 5.97 Å². The van der Waals surface area contributed by atoms with E-state index in [-0.39, 0.29) is 5.91 Å². The fraction of sp³-hybridized carbons (Fsp3) is 0.500. The lowest BCUT2D eigenvalue weighted by atomic mass is 10.1. The van der Waals surface area contributed by atoms with E-state index in [1.165, 1.54) is 16.7 Å². The zero-order valence-corrected chi connectivity index (χ0v) is 10.3. The molecule has 17 heavy (non-hydrogen) atoms. The van der Waals surface area contributed by atoms with Gasteiger partial charge in [-0.25, -0.2) is 4.79 Å². The molecule has 2 rings (SSSR count). The number of amides is 1. The molecule has 92 valence electrons. The van der Waals surface area contributed by atoms with Crippen LogP contribution in [0.3, 0.4) is 0 Å². The van der Waals surface area contributed by atoms with Crippen LogP contribution in [0.4, 0.5) is 0 Å². The van der Waals surface area contributed by atoms with E-state index in [1.807, 2.05) is 0 Å². The van der Waals surface area contributed by atoms with Crippen molar-refractivity contribution >= 4 is 23.6 Å². The maximum Gasteiger partial charge on any atom is 0.327 e. The van der Waals surface area contributed by atoms with Crippen LogP contribution in [0, 0.1) is 13.8 Å². The molecule has 0 saturated carbocycles. The van der Waals surface area contributed by atoms with Crippen LogP contribution >= 0.6 is 11.8 Å². The molecule has 0 aromatic carbocycles. The minimum atomic E-state index is -0.977. The van der Waals surface area contributed by atoms with Crippen LogP contribution in [0.15, 0.2) is 4.52 Å². The van der Waals surface area contributed by atoms with Gasteiger partial charge < -0.3 is 14.5 Å². The number of rotatable bonds is 2. The van der Waals surface area contributed by atoms with E-state index in [2.05, 4.69) is 5.16 Å². The van der Waals surface area contributed by atoms with E-state index in [1.54, 1.807) is 13.8 Å². The molecule has 0 radical (unpaired) electrons. The van der Waals surface area contributed by atoms with Crippen LogP contribution in [-0.4, -0.2) is 44.7 Å². The number of carboxylic acids is 1. The zero-order valence-electron chi connectivity index (χ0n) is 9.47. The molecular formula is C10H12N2O4S.